The Morgan fingerprint density at radius 1 is 0.857 bits per heavy atom. The molecule has 138 valence electrons. The smallest absolute Gasteiger partial charge is 0.341 e. The molecular weight excluding hydrogens is 357 g/mol. The van der Waals surface area contributed by atoms with E-state index in [2.05, 4.69) is 4.98 Å². The third kappa shape index (κ3) is 3.30. The minimum Gasteiger partial charge on any atom is -0.454 e. The predicted octanol–water partition coefficient (Wildman–Crippen LogP) is 5.01. The van der Waals surface area contributed by atoms with E-state index in [0.29, 0.717) is 11.3 Å². The summed E-state index contributed by atoms with van der Waals surface area (Å²) in [6.07, 6.45) is 0. The normalized spacial score (nSPS) is 10.8. The van der Waals surface area contributed by atoms with Crippen LogP contribution in [0.2, 0.25) is 0 Å². The molecular formula is C23H16FNO3. The van der Waals surface area contributed by atoms with Gasteiger partial charge >= 0.3 is 5.97 Å². The summed E-state index contributed by atoms with van der Waals surface area (Å²) in [6.45, 7) is -0.477. The lowest BCUT2D eigenvalue weighted by Gasteiger charge is -2.07. The molecule has 0 radical (unpaired) electrons. The highest BCUT2D eigenvalue weighted by atomic mass is 19.1. The zero-order valence-electron chi connectivity index (χ0n) is 14.8. The molecule has 5 heteroatoms. The maximum absolute atomic E-state index is 13.7. The fourth-order valence-corrected chi connectivity index (χ4v) is 3.16. The van der Waals surface area contributed by atoms with Crippen molar-refractivity contribution in [3.63, 3.8) is 0 Å². The van der Waals surface area contributed by atoms with Crippen LogP contribution in [-0.2, 0) is 4.74 Å². The number of benzene rings is 3. The maximum Gasteiger partial charge on any atom is 0.341 e. The van der Waals surface area contributed by atoms with Crippen LogP contribution in [0.3, 0.4) is 0 Å². The molecule has 0 aliphatic rings. The number of carbonyl (C=O) groups excluding carboxylic acids is 2. The fourth-order valence-electron chi connectivity index (χ4n) is 3.16. The van der Waals surface area contributed by atoms with Gasteiger partial charge in [0.2, 0.25) is 5.78 Å². The summed E-state index contributed by atoms with van der Waals surface area (Å²) in [5.74, 6) is -1.91. The first kappa shape index (κ1) is 17.7. The zero-order chi connectivity index (χ0) is 19.5. The largest absolute Gasteiger partial charge is 0.454 e. The second kappa shape index (κ2) is 7.48. The van der Waals surface area contributed by atoms with Crippen LogP contribution in [0.25, 0.3) is 22.2 Å². The third-order valence-corrected chi connectivity index (χ3v) is 4.48. The summed E-state index contributed by atoms with van der Waals surface area (Å²) in [4.78, 5) is 28.3. The average molecular weight is 373 g/mol. The van der Waals surface area contributed by atoms with Crippen molar-refractivity contribution in [2.24, 2.45) is 0 Å². The number of para-hydroxylation sites is 1. The predicted molar refractivity (Wildman–Crippen MR) is 105 cm³/mol. The number of rotatable bonds is 5. The van der Waals surface area contributed by atoms with Gasteiger partial charge in [-0.25, -0.2) is 9.18 Å². The quantitative estimate of drug-likeness (QED) is 0.395. The van der Waals surface area contributed by atoms with Crippen molar-refractivity contribution in [1.82, 2.24) is 4.98 Å². The second-order valence-electron chi connectivity index (χ2n) is 6.27. The fraction of sp³-hybridized carbons (Fsp3) is 0.0435. The SMILES string of the molecule is O=C(OCC(=O)c1c(-c2ccccc2)[nH]c2ccccc12)c1ccccc1F. The van der Waals surface area contributed by atoms with E-state index >= 15 is 0 Å². The first-order chi connectivity index (χ1) is 13.6. The van der Waals surface area contributed by atoms with Crippen molar-refractivity contribution in [1.29, 1.82) is 0 Å². The Balaban J connectivity index is 1.66. The summed E-state index contributed by atoms with van der Waals surface area (Å²) in [7, 11) is 0. The third-order valence-electron chi connectivity index (χ3n) is 4.48. The van der Waals surface area contributed by atoms with E-state index in [1.165, 1.54) is 24.3 Å². The Hall–Kier alpha value is -3.73. The first-order valence-corrected chi connectivity index (χ1v) is 8.76. The number of halogens is 1. The molecule has 3 aromatic carbocycles. The van der Waals surface area contributed by atoms with Crippen molar-refractivity contribution in [3.05, 3.63) is 95.8 Å². The van der Waals surface area contributed by atoms with Gasteiger partial charge in [-0.1, -0.05) is 60.7 Å². The van der Waals surface area contributed by atoms with Crippen LogP contribution in [0.1, 0.15) is 20.7 Å². The number of aromatic nitrogens is 1. The molecule has 0 aliphatic carbocycles. The van der Waals surface area contributed by atoms with Gasteiger partial charge in [-0.2, -0.15) is 0 Å². The van der Waals surface area contributed by atoms with E-state index in [1.807, 2.05) is 54.6 Å². The molecule has 1 heterocycles. The van der Waals surface area contributed by atoms with E-state index in [4.69, 9.17) is 4.74 Å². The van der Waals surface area contributed by atoms with E-state index in [0.717, 1.165) is 16.5 Å². The van der Waals surface area contributed by atoms with E-state index in [1.54, 1.807) is 0 Å². The molecule has 4 rings (SSSR count). The standard InChI is InChI=1S/C23H16FNO3/c24-18-12-6-4-10-16(18)23(27)28-14-20(26)21-17-11-5-7-13-19(17)25-22(21)15-8-2-1-3-9-15/h1-13,25H,14H2. The van der Waals surface area contributed by atoms with E-state index in [9.17, 15) is 14.0 Å². The summed E-state index contributed by atoms with van der Waals surface area (Å²) in [5.41, 5.74) is 2.57. The van der Waals surface area contributed by atoms with Crippen molar-refractivity contribution in [2.75, 3.05) is 6.61 Å². The Labute approximate surface area is 160 Å². The van der Waals surface area contributed by atoms with Crippen LogP contribution in [-0.4, -0.2) is 23.3 Å². The van der Waals surface area contributed by atoms with Crippen LogP contribution in [0.15, 0.2) is 78.9 Å². The summed E-state index contributed by atoms with van der Waals surface area (Å²) < 4.78 is 18.8. The van der Waals surface area contributed by atoms with Crippen LogP contribution < -0.4 is 0 Å². The average Bonchev–Trinajstić information content (AvgIpc) is 3.12. The Morgan fingerprint density at radius 2 is 1.54 bits per heavy atom. The molecule has 4 aromatic rings. The number of H-pyrrole nitrogens is 1. The summed E-state index contributed by atoms with van der Waals surface area (Å²) >= 11 is 0. The molecule has 0 aliphatic heterocycles. The van der Waals surface area contributed by atoms with Crippen molar-refractivity contribution in [2.45, 2.75) is 0 Å². The van der Waals surface area contributed by atoms with Crippen LogP contribution in [0, 0.1) is 5.82 Å². The van der Waals surface area contributed by atoms with Gasteiger partial charge in [-0.15, -0.1) is 0 Å². The highest BCUT2D eigenvalue weighted by Crippen LogP contribution is 2.30. The van der Waals surface area contributed by atoms with Gasteiger partial charge in [0.25, 0.3) is 0 Å². The highest BCUT2D eigenvalue weighted by Gasteiger charge is 2.21. The van der Waals surface area contributed by atoms with Crippen molar-refractivity contribution < 1.29 is 18.7 Å². The minimum absolute atomic E-state index is 0.197. The minimum atomic E-state index is -0.868. The van der Waals surface area contributed by atoms with Crippen LogP contribution in [0.4, 0.5) is 4.39 Å². The topological polar surface area (TPSA) is 59.2 Å². The number of ether oxygens (including phenoxy) is 1. The molecule has 0 bridgehead atoms. The number of hydrogen-bond acceptors (Lipinski definition) is 3. The number of hydrogen-bond donors (Lipinski definition) is 1. The lowest BCUT2D eigenvalue weighted by molar-refractivity contribution is 0.0470. The Bertz CT molecular complexity index is 1160. The Morgan fingerprint density at radius 3 is 2.32 bits per heavy atom. The molecule has 0 saturated heterocycles. The molecule has 0 unspecified atom stereocenters. The summed E-state index contributed by atoms with van der Waals surface area (Å²) in [5, 5.41) is 0.744. The van der Waals surface area contributed by atoms with Gasteiger partial charge in [0.05, 0.1) is 16.8 Å². The summed E-state index contributed by atoms with van der Waals surface area (Å²) in [6, 6.07) is 22.4. The number of fused-ring (bicyclic) bond motifs is 1. The van der Waals surface area contributed by atoms with Gasteiger partial charge in [-0.3, -0.25) is 4.79 Å². The lowest BCUT2D eigenvalue weighted by atomic mass is 10.0. The highest BCUT2D eigenvalue weighted by molar-refractivity contribution is 6.14. The number of Topliss-reactive ketones (excluding diaryl/α,β-unsaturated/α-hetero) is 1. The van der Waals surface area contributed by atoms with Gasteiger partial charge in [0, 0.05) is 10.9 Å². The molecule has 0 saturated carbocycles. The maximum atomic E-state index is 13.7. The molecule has 0 fully saturated rings. The molecule has 1 aromatic heterocycles. The monoisotopic (exact) mass is 373 g/mol. The molecule has 1 N–H and O–H groups in total. The number of aromatic amines is 1. The van der Waals surface area contributed by atoms with Crippen LogP contribution in [0.5, 0.6) is 0 Å². The molecule has 4 nitrogen and oxygen atoms in total. The van der Waals surface area contributed by atoms with Gasteiger partial charge < -0.3 is 9.72 Å². The second-order valence-corrected chi connectivity index (χ2v) is 6.27. The van der Waals surface area contributed by atoms with Crippen molar-refractivity contribution in [3.8, 4) is 11.3 Å². The van der Waals surface area contributed by atoms with E-state index in [-0.39, 0.29) is 11.3 Å². The van der Waals surface area contributed by atoms with Crippen molar-refractivity contribution >= 4 is 22.7 Å². The van der Waals surface area contributed by atoms with Gasteiger partial charge in [-0.05, 0) is 23.8 Å². The molecule has 0 atom stereocenters. The Kier molecular flexibility index (Phi) is 4.72. The number of nitrogens with one attached hydrogen (secondary N) is 1. The number of carbonyl (C=O) groups is 2. The first-order valence-electron chi connectivity index (χ1n) is 8.76. The molecule has 0 amide bonds. The van der Waals surface area contributed by atoms with Crippen LogP contribution >= 0.6 is 0 Å². The van der Waals surface area contributed by atoms with Gasteiger partial charge in [0.15, 0.2) is 6.61 Å². The number of esters is 1. The zero-order valence-corrected chi connectivity index (χ0v) is 14.8. The van der Waals surface area contributed by atoms with E-state index < -0.39 is 18.4 Å². The number of ketones is 1. The lowest BCUT2D eigenvalue weighted by Crippen LogP contribution is -2.15. The molecule has 0 spiro atoms. The van der Waals surface area contributed by atoms with Gasteiger partial charge in [0.1, 0.15) is 5.82 Å². The molecule has 28 heavy (non-hydrogen) atoms.